The molecule has 0 bridgehead atoms. The normalized spacial score (nSPS) is 10.7. The lowest BCUT2D eigenvalue weighted by molar-refractivity contribution is -0.384. The number of nitrogens with zero attached hydrogens (tertiary/aromatic N) is 2. The zero-order valence-electron chi connectivity index (χ0n) is 18.4. The second kappa shape index (κ2) is 11.4. The molecule has 0 saturated carbocycles. The number of carbonyl (C=O) groups is 2. The number of hydrogen-bond donors (Lipinski definition) is 2. The van der Waals surface area contributed by atoms with E-state index in [1.54, 1.807) is 42.5 Å². The van der Waals surface area contributed by atoms with E-state index >= 15 is 0 Å². The van der Waals surface area contributed by atoms with Crippen molar-refractivity contribution in [1.29, 1.82) is 5.26 Å². The molecular weight excluding hydrogens is 472 g/mol. The van der Waals surface area contributed by atoms with Crippen molar-refractivity contribution in [1.82, 2.24) is 0 Å². The lowest BCUT2D eigenvalue weighted by Gasteiger charge is -2.09. The Balaban J connectivity index is 1.59. The van der Waals surface area contributed by atoms with E-state index < -0.39 is 10.8 Å². The molecule has 0 aliphatic rings. The average molecular weight is 491 g/mol. The van der Waals surface area contributed by atoms with Gasteiger partial charge in [-0.15, -0.1) is 0 Å². The van der Waals surface area contributed by atoms with E-state index in [1.165, 1.54) is 30.3 Å². The standard InChI is InChI=1S/C25H19ClN4O5/c1-16-5-8-20(13-23(16)26)28-24(31)15-35-22-9-6-17(7-10-22)11-18(14-27)25(32)29-19-3-2-4-21(12-19)30(33)34/h2-13H,15H2,1H3,(H,28,31)(H,29,32)/b18-11-. The van der Waals surface area contributed by atoms with Crippen LogP contribution in [-0.2, 0) is 9.59 Å². The minimum atomic E-state index is -0.707. The largest absolute Gasteiger partial charge is 0.484 e. The highest BCUT2D eigenvalue weighted by Crippen LogP contribution is 2.21. The summed E-state index contributed by atoms with van der Waals surface area (Å²) in [6.07, 6.45) is 1.37. The van der Waals surface area contributed by atoms with Crippen LogP contribution in [0.15, 0.2) is 72.3 Å². The predicted molar refractivity (Wildman–Crippen MR) is 132 cm³/mol. The highest BCUT2D eigenvalue weighted by Gasteiger charge is 2.12. The molecule has 3 rings (SSSR count). The lowest BCUT2D eigenvalue weighted by Crippen LogP contribution is -2.20. The Morgan fingerprint density at radius 3 is 2.46 bits per heavy atom. The van der Waals surface area contributed by atoms with Crippen molar-refractivity contribution in [3.05, 3.63) is 98.6 Å². The molecule has 0 fully saturated rings. The van der Waals surface area contributed by atoms with Crippen LogP contribution >= 0.6 is 11.6 Å². The van der Waals surface area contributed by atoms with Crippen LogP contribution in [0.5, 0.6) is 5.75 Å². The molecule has 35 heavy (non-hydrogen) atoms. The molecule has 2 N–H and O–H groups in total. The zero-order chi connectivity index (χ0) is 25.4. The van der Waals surface area contributed by atoms with E-state index in [2.05, 4.69) is 10.6 Å². The number of rotatable bonds is 8. The van der Waals surface area contributed by atoms with Gasteiger partial charge in [-0.2, -0.15) is 5.26 Å². The van der Waals surface area contributed by atoms with Crippen molar-refractivity contribution in [2.75, 3.05) is 17.2 Å². The number of anilines is 2. The predicted octanol–water partition coefficient (Wildman–Crippen LogP) is 5.12. The quantitative estimate of drug-likeness (QED) is 0.195. The molecule has 0 radical (unpaired) electrons. The summed E-state index contributed by atoms with van der Waals surface area (Å²) < 4.78 is 5.47. The summed E-state index contributed by atoms with van der Waals surface area (Å²) in [7, 11) is 0. The first-order valence-corrected chi connectivity index (χ1v) is 10.6. The fourth-order valence-electron chi connectivity index (χ4n) is 2.89. The number of amides is 2. The number of halogens is 1. The third-order valence-electron chi connectivity index (χ3n) is 4.70. The maximum atomic E-state index is 12.4. The van der Waals surface area contributed by atoms with Gasteiger partial charge in [0.25, 0.3) is 17.5 Å². The number of benzene rings is 3. The van der Waals surface area contributed by atoms with Gasteiger partial charge in [-0.05, 0) is 54.5 Å². The van der Waals surface area contributed by atoms with Gasteiger partial charge in [0.15, 0.2) is 6.61 Å². The van der Waals surface area contributed by atoms with Crippen LogP contribution in [0.25, 0.3) is 6.08 Å². The molecular formula is C25H19ClN4O5. The van der Waals surface area contributed by atoms with Gasteiger partial charge >= 0.3 is 0 Å². The molecule has 0 aliphatic carbocycles. The minimum Gasteiger partial charge on any atom is -0.484 e. The van der Waals surface area contributed by atoms with Crippen molar-refractivity contribution < 1.29 is 19.2 Å². The maximum absolute atomic E-state index is 12.4. The van der Waals surface area contributed by atoms with Crippen LogP contribution < -0.4 is 15.4 Å². The summed E-state index contributed by atoms with van der Waals surface area (Å²) in [6, 6.07) is 18.8. The van der Waals surface area contributed by atoms with Crippen LogP contribution in [0.1, 0.15) is 11.1 Å². The smallest absolute Gasteiger partial charge is 0.271 e. The van der Waals surface area contributed by atoms with Gasteiger partial charge in [-0.25, -0.2) is 0 Å². The Kier molecular flexibility index (Phi) is 8.16. The summed E-state index contributed by atoms with van der Waals surface area (Å²) in [5.41, 5.74) is 1.82. The third-order valence-corrected chi connectivity index (χ3v) is 5.10. The number of carbonyl (C=O) groups excluding carboxylic acids is 2. The van der Waals surface area contributed by atoms with Crippen molar-refractivity contribution >= 4 is 46.6 Å². The molecule has 10 heteroatoms. The Bertz CT molecular complexity index is 1350. The number of nitrogens with one attached hydrogen (secondary N) is 2. The van der Waals surface area contributed by atoms with Crippen molar-refractivity contribution in [3.8, 4) is 11.8 Å². The zero-order valence-corrected chi connectivity index (χ0v) is 19.2. The van der Waals surface area contributed by atoms with Crippen LogP contribution in [0.2, 0.25) is 5.02 Å². The van der Waals surface area contributed by atoms with Gasteiger partial charge in [0.1, 0.15) is 17.4 Å². The monoisotopic (exact) mass is 490 g/mol. The van der Waals surface area contributed by atoms with E-state index in [0.717, 1.165) is 5.56 Å². The summed E-state index contributed by atoms with van der Waals surface area (Å²) in [5, 5.41) is 25.9. The molecule has 0 spiro atoms. The van der Waals surface area contributed by atoms with Gasteiger partial charge in [-0.1, -0.05) is 35.9 Å². The van der Waals surface area contributed by atoms with E-state index in [9.17, 15) is 25.0 Å². The molecule has 0 unspecified atom stereocenters. The number of nitro groups is 1. The number of nitriles is 1. The van der Waals surface area contributed by atoms with Crippen molar-refractivity contribution in [2.45, 2.75) is 6.92 Å². The van der Waals surface area contributed by atoms with Gasteiger partial charge in [0.2, 0.25) is 0 Å². The first kappa shape index (κ1) is 25.0. The lowest BCUT2D eigenvalue weighted by atomic mass is 10.1. The summed E-state index contributed by atoms with van der Waals surface area (Å²) in [6.45, 7) is 1.63. The summed E-state index contributed by atoms with van der Waals surface area (Å²) in [5.74, 6) is -0.654. The molecule has 3 aromatic carbocycles. The number of non-ortho nitro benzene ring substituents is 1. The number of aryl methyl sites for hydroxylation is 1. The summed E-state index contributed by atoms with van der Waals surface area (Å²) >= 11 is 6.05. The van der Waals surface area contributed by atoms with Crippen LogP contribution in [0, 0.1) is 28.4 Å². The molecule has 0 saturated heterocycles. The molecule has 0 heterocycles. The molecule has 9 nitrogen and oxygen atoms in total. The first-order chi connectivity index (χ1) is 16.7. The molecule has 2 amide bonds. The van der Waals surface area contributed by atoms with Gasteiger partial charge in [-0.3, -0.25) is 19.7 Å². The van der Waals surface area contributed by atoms with E-state index in [-0.39, 0.29) is 29.5 Å². The summed E-state index contributed by atoms with van der Waals surface area (Å²) in [4.78, 5) is 34.8. The highest BCUT2D eigenvalue weighted by molar-refractivity contribution is 6.31. The van der Waals surface area contributed by atoms with Gasteiger partial charge in [0, 0.05) is 28.5 Å². The van der Waals surface area contributed by atoms with Crippen LogP contribution in [0.4, 0.5) is 17.1 Å². The van der Waals surface area contributed by atoms with Gasteiger partial charge < -0.3 is 15.4 Å². The number of hydrogen-bond acceptors (Lipinski definition) is 6. The molecule has 0 atom stereocenters. The molecule has 0 aliphatic heterocycles. The van der Waals surface area contributed by atoms with Crippen molar-refractivity contribution in [3.63, 3.8) is 0 Å². The Labute approximate surface area is 205 Å². The third kappa shape index (κ3) is 7.15. The Hall–Kier alpha value is -4.68. The SMILES string of the molecule is Cc1ccc(NC(=O)COc2ccc(/C=C(/C#N)C(=O)Nc3cccc([N+](=O)[O-])c3)cc2)cc1Cl. The first-order valence-electron chi connectivity index (χ1n) is 10.2. The van der Waals surface area contributed by atoms with E-state index in [0.29, 0.717) is 22.0 Å². The van der Waals surface area contributed by atoms with Crippen LogP contribution in [-0.4, -0.2) is 23.3 Å². The molecule has 3 aromatic rings. The second-order valence-electron chi connectivity index (χ2n) is 7.30. The number of nitro benzene ring substituents is 1. The topological polar surface area (TPSA) is 134 Å². The fraction of sp³-hybridized carbons (Fsp3) is 0.0800. The van der Waals surface area contributed by atoms with Gasteiger partial charge in [0.05, 0.1) is 4.92 Å². The molecule has 176 valence electrons. The fourth-order valence-corrected chi connectivity index (χ4v) is 3.07. The maximum Gasteiger partial charge on any atom is 0.271 e. The number of ether oxygens (including phenoxy) is 1. The highest BCUT2D eigenvalue weighted by atomic mass is 35.5. The van der Waals surface area contributed by atoms with E-state index in [1.807, 2.05) is 13.0 Å². The second-order valence-corrected chi connectivity index (χ2v) is 7.71. The van der Waals surface area contributed by atoms with Crippen LogP contribution in [0.3, 0.4) is 0 Å². The molecule has 0 aromatic heterocycles. The Morgan fingerprint density at radius 2 is 1.80 bits per heavy atom. The van der Waals surface area contributed by atoms with E-state index in [4.69, 9.17) is 16.3 Å². The van der Waals surface area contributed by atoms with Crippen molar-refractivity contribution in [2.24, 2.45) is 0 Å². The minimum absolute atomic E-state index is 0.183. The average Bonchev–Trinajstić information content (AvgIpc) is 2.84. The Morgan fingerprint density at radius 1 is 1.09 bits per heavy atom.